The molecule has 1 heterocycles. The number of amides is 2. The van der Waals surface area contributed by atoms with Gasteiger partial charge < -0.3 is 10.6 Å². The summed E-state index contributed by atoms with van der Waals surface area (Å²) in [6, 6.07) is 19.3. The number of nitrogens with one attached hydrogen (secondary N) is 3. The van der Waals surface area contributed by atoms with Crippen LogP contribution in [0.2, 0.25) is 0 Å². The number of urea groups is 1. The van der Waals surface area contributed by atoms with Gasteiger partial charge in [0.25, 0.3) is 0 Å². The van der Waals surface area contributed by atoms with E-state index in [0.717, 1.165) is 24.2 Å². The van der Waals surface area contributed by atoms with E-state index in [4.69, 9.17) is 0 Å². The van der Waals surface area contributed by atoms with Crippen LogP contribution in [0, 0.1) is 13.8 Å². The quantitative estimate of drug-likeness (QED) is 0.608. The van der Waals surface area contributed by atoms with Crippen LogP contribution in [-0.2, 0) is 6.42 Å². The number of nitrogens with zero attached hydrogens (tertiary/aromatic N) is 2. The van der Waals surface area contributed by atoms with Crippen LogP contribution in [0.1, 0.15) is 16.8 Å². The van der Waals surface area contributed by atoms with Crippen LogP contribution in [0.15, 0.2) is 60.7 Å². The largest absolute Gasteiger partial charge is 0.370 e. The number of hydrogen-bond donors (Lipinski definition) is 3. The van der Waals surface area contributed by atoms with Crippen LogP contribution in [0.3, 0.4) is 0 Å². The Bertz CT molecular complexity index is 894. The molecule has 0 spiro atoms. The highest BCUT2D eigenvalue weighted by Gasteiger charge is 2.07. The average Bonchev–Trinajstić information content (AvgIpc) is 2.64. The number of aromatic nitrogens is 2. The Morgan fingerprint density at radius 3 is 2.41 bits per heavy atom. The van der Waals surface area contributed by atoms with Gasteiger partial charge in [0.1, 0.15) is 5.82 Å². The fourth-order valence-corrected chi connectivity index (χ4v) is 2.60. The molecule has 0 unspecified atom stereocenters. The van der Waals surface area contributed by atoms with Gasteiger partial charge in [-0.1, -0.05) is 48.0 Å². The zero-order valence-electron chi connectivity index (χ0n) is 15.5. The minimum absolute atomic E-state index is 0.266. The summed E-state index contributed by atoms with van der Waals surface area (Å²) in [4.78, 5) is 20.8. The van der Waals surface area contributed by atoms with E-state index in [1.165, 1.54) is 5.56 Å². The molecule has 6 heteroatoms. The van der Waals surface area contributed by atoms with Gasteiger partial charge in [-0.15, -0.1) is 0 Å². The van der Waals surface area contributed by atoms with Gasteiger partial charge in [0, 0.05) is 24.0 Å². The van der Waals surface area contributed by atoms with Gasteiger partial charge in [0.15, 0.2) is 0 Å². The molecule has 6 nitrogen and oxygen atoms in total. The lowest BCUT2D eigenvalue weighted by Crippen LogP contribution is -2.21. The first-order chi connectivity index (χ1) is 13.1. The van der Waals surface area contributed by atoms with Crippen molar-refractivity contribution in [3.05, 3.63) is 77.5 Å². The number of carbonyl (C=O) groups is 1. The van der Waals surface area contributed by atoms with Crippen molar-refractivity contribution in [1.82, 2.24) is 9.97 Å². The smallest absolute Gasteiger partial charge is 0.326 e. The first-order valence-corrected chi connectivity index (χ1v) is 8.87. The summed E-state index contributed by atoms with van der Waals surface area (Å²) in [5, 5.41) is 8.73. The van der Waals surface area contributed by atoms with Crippen molar-refractivity contribution in [2.45, 2.75) is 20.3 Å². The van der Waals surface area contributed by atoms with Crippen molar-refractivity contribution in [1.29, 1.82) is 0 Å². The van der Waals surface area contributed by atoms with Crippen molar-refractivity contribution in [2.24, 2.45) is 0 Å². The summed E-state index contributed by atoms with van der Waals surface area (Å²) in [5.74, 6) is 0.950. The van der Waals surface area contributed by atoms with E-state index in [1.807, 2.05) is 62.4 Å². The molecule has 0 bridgehead atoms. The Hall–Kier alpha value is -3.41. The number of benzene rings is 2. The van der Waals surface area contributed by atoms with E-state index >= 15 is 0 Å². The summed E-state index contributed by atoms with van der Waals surface area (Å²) in [6.45, 7) is 4.61. The molecule has 0 aliphatic rings. The highest BCUT2D eigenvalue weighted by Crippen LogP contribution is 2.12. The van der Waals surface area contributed by atoms with E-state index in [-0.39, 0.29) is 12.0 Å². The molecule has 27 heavy (non-hydrogen) atoms. The molecule has 3 rings (SSSR count). The van der Waals surface area contributed by atoms with Crippen molar-refractivity contribution in [2.75, 3.05) is 22.5 Å². The fourth-order valence-electron chi connectivity index (χ4n) is 2.60. The fraction of sp³-hybridized carbons (Fsp3) is 0.190. The number of carbonyl (C=O) groups excluding carboxylic acids is 1. The molecule has 0 aliphatic carbocycles. The molecular formula is C21H23N5O. The highest BCUT2D eigenvalue weighted by atomic mass is 16.2. The van der Waals surface area contributed by atoms with E-state index in [1.54, 1.807) is 0 Å². The van der Waals surface area contributed by atoms with Crippen LogP contribution in [0.5, 0.6) is 0 Å². The maximum Gasteiger partial charge on any atom is 0.326 e. The van der Waals surface area contributed by atoms with Crippen LogP contribution in [0.25, 0.3) is 0 Å². The zero-order chi connectivity index (χ0) is 19.1. The average molecular weight is 361 g/mol. The summed E-state index contributed by atoms with van der Waals surface area (Å²) in [6.07, 6.45) is 0.889. The van der Waals surface area contributed by atoms with Gasteiger partial charge in [0.05, 0.1) is 0 Å². The highest BCUT2D eigenvalue weighted by molar-refractivity contribution is 5.98. The lowest BCUT2D eigenvalue weighted by Gasteiger charge is -2.10. The van der Waals surface area contributed by atoms with Crippen LogP contribution >= 0.6 is 0 Å². The molecule has 3 N–H and O–H groups in total. The summed E-state index contributed by atoms with van der Waals surface area (Å²) in [7, 11) is 0. The number of rotatable bonds is 6. The maximum absolute atomic E-state index is 12.2. The molecular weight excluding hydrogens is 338 g/mol. The Morgan fingerprint density at radius 1 is 0.926 bits per heavy atom. The molecule has 2 amide bonds. The lowest BCUT2D eigenvalue weighted by atomic mass is 10.1. The van der Waals surface area contributed by atoms with Gasteiger partial charge in [-0.05, 0) is 38.0 Å². The molecule has 1 aromatic heterocycles. The third-order valence-corrected chi connectivity index (χ3v) is 3.95. The van der Waals surface area contributed by atoms with Gasteiger partial charge in [-0.3, -0.25) is 5.32 Å². The second kappa shape index (κ2) is 8.80. The van der Waals surface area contributed by atoms with Crippen LogP contribution in [-0.4, -0.2) is 22.5 Å². The third-order valence-electron chi connectivity index (χ3n) is 3.95. The second-order valence-electron chi connectivity index (χ2n) is 6.33. The Kier molecular flexibility index (Phi) is 5.99. The summed E-state index contributed by atoms with van der Waals surface area (Å²) < 4.78 is 0. The van der Waals surface area contributed by atoms with E-state index < -0.39 is 0 Å². The van der Waals surface area contributed by atoms with Gasteiger partial charge in [-0.2, -0.15) is 4.98 Å². The van der Waals surface area contributed by atoms with E-state index in [9.17, 15) is 4.79 Å². The molecule has 0 aliphatic heterocycles. The monoisotopic (exact) mass is 361 g/mol. The topological polar surface area (TPSA) is 78.9 Å². The lowest BCUT2D eigenvalue weighted by molar-refractivity contribution is 0.262. The molecule has 2 aromatic carbocycles. The van der Waals surface area contributed by atoms with Gasteiger partial charge in [0.2, 0.25) is 5.95 Å². The summed E-state index contributed by atoms with van der Waals surface area (Å²) >= 11 is 0. The van der Waals surface area contributed by atoms with Crippen molar-refractivity contribution < 1.29 is 4.79 Å². The molecule has 0 saturated carbocycles. The predicted molar refractivity (Wildman–Crippen MR) is 109 cm³/mol. The molecule has 0 radical (unpaired) electrons. The maximum atomic E-state index is 12.2. The molecule has 0 atom stereocenters. The predicted octanol–water partition coefficient (Wildman–Crippen LogP) is 4.39. The van der Waals surface area contributed by atoms with E-state index in [2.05, 4.69) is 38.1 Å². The Morgan fingerprint density at radius 2 is 1.67 bits per heavy atom. The molecule has 138 valence electrons. The number of hydrogen-bond acceptors (Lipinski definition) is 4. The first-order valence-electron chi connectivity index (χ1n) is 8.87. The SMILES string of the molecule is Cc1ccc(NC(=O)Nc2nc(C)cc(NCCc3ccccc3)n2)cc1. The Labute approximate surface area is 159 Å². The molecule has 3 aromatic rings. The van der Waals surface area contributed by atoms with E-state index in [0.29, 0.717) is 11.5 Å². The molecule has 0 saturated heterocycles. The van der Waals surface area contributed by atoms with Crippen molar-refractivity contribution in [3.8, 4) is 0 Å². The van der Waals surface area contributed by atoms with Crippen LogP contribution in [0.4, 0.5) is 22.2 Å². The minimum atomic E-state index is -0.375. The minimum Gasteiger partial charge on any atom is -0.370 e. The normalized spacial score (nSPS) is 10.3. The number of anilines is 3. The summed E-state index contributed by atoms with van der Waals surface area (Å²) in [5.41, 5.74) is 3.88. The number of aryl methyl sites for hydroxylation is 2. The van der Waals surface area contributed by atoms with Gasteiger partial charge >= 0.3 is 6.03 Å². The zero-order valence-corrected chi connectivity index (χ0v) is 15.5. The molecule has 0 fully saturated rings. The van der Waals surface area contributed by atoms with Crippen molar-refractivity contribution in [3.63, 3.8) is 0 Å². The first kappa shape index (κ1) is 18.4. The standard InChI is InChI=1S/C21H23N5O/c1-15-8-10-18(11-9-15)24-21(27)26-20-23-16(2)14-19(25-20)22-13-12-17-6-4-3-5-7-17/h3-11,14H,12-13H2,1-2H3,(H3,22,23,24,25,26,27). The van der Waals surface area contributed by atoms with Gasteiger partial charge in [-0.25, -0.2) is 9.78 Å². The van der Waals surface area contributed by atoms with Crippen molar-refractivity contribution >= 4 is 23.5 Å². The van der Waals surface area contributed by atoms with Crippen LogP contribution < -0.4 is 16.0 Å². The Balaban J connectivity index is 1.57. The second-order valence-corrected chi connectivity index (χ2v) is 6.33. The third kappa shape index (κ3) is 5.81.